The highest BCUT2D eigenvalue weighted by atomic mass is 32.1. The average molecular weight is 481 g/mol. The number of thiocarbonyl (C=S) groups is 1. The van der Waals surface area contributed by atoms with E-state index < -0.39 is 0 Å². The zero-order valence-electron chi connectivity index (χ0n) is 19.8. The first kappa shape index (κ1) is 24.2. The third-order valence-corrected chi connectivity index (χ3v) is 6.43. The molecular formula is C26H32N4O3S. The summed E-state index contributed by atoms with van der Waals surface area (Å²) in [6.45, 7) is 7.68. The summed E-state index contributed by atoms with van der Waals surface area (Å²) >= 11 is 5.79. The molecule has 0 aliphatic carbocycles. The van der Waals surface area contributed by atoms with E-state index in [-0.39, 0.29) is 5.56 Å². The Morgan fingerprint density at radius 3 is 2.68 bits per heavy atom. The van der Waals surface area contributed by atoms with Crippen LogP contribution in [0, 0.1) is 6.92 Å². The second-order valence-electron chi connectivity index (χ2n) is 8.60. The number of benzene rings is 2. The number of morpholine rings is 1. The molecule has 0 bridgehead atoms. The molecule has 2 heterocycles. The molecule has 1 saturated heterocycles. The van der Waals surface area contributed by atoms with Crippen LogP contribution in [0.25, 0.3) is 10.9 Å². The number of nitrogens with one attached hydrogen (secondary N) is 2. The van der Waals surface area contributed by atoms with Gasteiger partial charge in [0.1, 0.15) is 5.75 Å². The van der Waals surface area contributed by atoms with Gasteiger partial charge in [0.25, 0.3) is 5.56 Å². The molecule has 180 valence electrons. The van der Waals surface area contributed by atoms with Gasteiger partial charge in [0.2, 0.25) is 0 Å². The lowest BCUT2D eigenvalue weighted by molar-refractivity contribution is 0.0367. The molecule has 0 atom stereocenters. The molecule has 1 fully saturated rings. The van der Waals surface area contributed by atoms with Gasteiger partial charge < -0.3 is 24.7 Å². The van der Waals surface area contributed by atoms with E-state index in [0.29, 0.717) is 17.2 Å². The Kier molecular flexibility index (Phi) is 8.16. The fraction of sp³-hybridized carbons (Fsp3) is 0.385. The number of hydrogen-bond donors (Lipinski definition) is 2. The maximum Gasteiger partial charge on any atom is 0.253 e. The summed E-state index contributed by atoms with van der Waals surface area (Å²) in [4.78, 5) is 20.3. The van der Waals surface area contributed by atoms with Crippen molar-refractivity contribution < 1.29 is 9.47 Å². The molecule has 4 rings (SSSR count). The highest BCUT2D eigenvalue weighted by Crippen LogP contribution is 2.17. The first-order chi connectivity index (χ1) is 16.5. The van der Waals surface area contributed by atoms with E-state index in [1.54, 1.807) is 7.11 Å². The van der Waals surface area contributed by atoms with Gasteiger partial charge in [-0.25, -0.2) is 0 Å². The van der Waals surface area contributed by atoms with Crippen molar-refractivity contribution in [1.82, 2.24) is 14.8 Å². The van der Waals surface area contributed by atoms with E-state index in [0.717, 1.165) is 73.7 Å². The van der Waals surface area contributed by atoms with Crippen LogP contribution >= 0.6 is 12.2 Å². The molecule has 0 saturated carbocycles. The van der Waals surface area contributed by atoms with Gasteiger partial charge in [-0.2, -0.15) is 0 Å². The highest BCUT2D eigenvalue weighted by Gasteiger charge is 2.16. The molecule has 2 N–H and O–H groups in total. The Balaban J connectivity index is 1.50. The van der Waals surface area contributed by atoms with E-state index in [2.05, 4.69) is 33.1 Å². The number of methoxy groups -OCH3 is 1. The van der Waals surface area contributed by atoms with E-state index in [9.17, 15) is 4.79 Å². The second kappa shape index (κ2) is 11.5. The number of aromatic amines is 1. The third-order valence-electron chi connectivity index (χ3n) is 6.07. The van der Waals surface area contributed by atoms with Crippen LogP contribution in [0.15, 0.2) is 53.3 Å². The summed E-state index contributed by atoms with van der Waals surface area (Å²) in [6, 6.07) is 15.7. The maximum absolute atomic E-state index is 12.8. The number of aryl methyl sites for hydroxylation is 1. The molecule has 0 spiro atoms. The molecule has 0 radical (unpaired) electrons. The van der Waals surface area contributed by atoms with Gasteiger partial charge in [-0.3, -0.25) is 9.69 Å². The number of anilines is 1. The standard InChI is InChI=1S/C26H32N4O3S/c1-19-4-9-24-20(16-19)17-21(25(31)28-24)18-30(11-3-10-29-12-14-33-15-13-29)26(34)27-22-5-7-23(32-2)8-6-22/h4-9,16-17H,3,10-15,18H2,1-2H3,(H,27,34)(H,28,31). The van der Waals surface area contributed by atoms with Crippen molar-refractivity contribution in [3.05, 3.63) is 70.0 Å². The van der Waals surface area contributed by atoms with Crippen LogP contribution in [0.5, 0.6) is 5.75 Å². The van der Waals surface area contributed by atoms with Crippen molar-refractivity contribution in [3.8, 4) is 5.75 Å². The van der Waals surface area contributed by atoms with Gasteiger partial charge in [0, 0.05) is 42.9 Å². The Labute approximate surface area is 205 Å². The predicted octanol–water partition coefficient (Wildman–Crippen LogP) is 3.77. The van der Waals surface area contributed by atoms with Gasteiger partial charge in [0.05, 0.1) is 26.9 Å². The number of aromatic nitrogens is 1. The SMILES string of the molecule is COc1ccc(NC(=S)N(CCCN2CCOCC2)Cc2cc3cc(C)ccc3[nH]c2=O)cc1. The molecular weight excluding hydrogens is 448 g/mol. The average Bonchev–Trinajstić information content (AvgIpc) is 2.85. The van der Waals surface area contributed by atoms with Crippen molar-refractivity contribution in [2.24, 2.45) is 0 Å². The minimum Gasteiger partial charge on any atom is -0.497 e. The van der Waals surface area contributed by atoms with Crippen LogP contribution < -0.4 is 15.6 Å². The third kappa shape index (κ3) is 6.34. The number of pyridine rings is 1. The summed E-state index contributed by atoms with van der Waals surface area (Å²) in [5, 5.41) is 4.94. The number of rotatable bonds is 8. The van der Waals surface area contributed by atoms with Gasteiger partial charge in [0.15, 0.2) is 5.11 Å². The molecule has 1 aliphatic heterocycles. The summed E-state index contributed by atoms with van der Waals surface area (Å²) in [5.41, 5.74) is 3.50. The zero-order chi connectivity index (χ0) is 23.9. The maximum atomic E-state index is 12.8. The summed E-state index contributed by atoms with van der Waals surface area (Å²) in [5.74, 6) is 0.789. The van der Waals surface area contributed by atoms with E-state index in [1.165, 1.54) is 0 Å². The fourth-order valence-electron chi connectivity index (χ4n) is 4.13. The molecule has 34 heavy (non-hydrogen) atoms. The van der Waals surface area contributed by atoms with E-state index in [4.69, 9.17) is 21.7 Å². The smallest absolute Gasteiger partial charge is 0.253 e. The molecule has 0 unspecified atom stereocenters. The minimum absolute atomic E-state index is 0.0817. The molecule has 0 amide bonds. The number of hydrogen-bond acceptors (Lipinski definition) is 5. The summed E-state index contributed by atoms with van der Waals surface area (Å²) < 4.78 is 10.7. The quantitative estimate of drug-likeness (QED) is 0.476. The number of H-pyrrole nitrogens is 1. The van der Waals surface area contributed by atoms with Crippen LogP contribution in [0.3, 0.4) is 0 Å². The first-order valence-corrected chi connectivity index (χ1v) is 12.1. The van der Waals surface area contributed by atoms with Crippen LogP contribution in [0.2, 0.25) is 0 Å². The van der Waals surface area contributed by atoms with Gasteiger partial charge in [-0.05, 0) is 73.4 Å². The van der Waals surface area contributed by atoms with Gasteiger partial charge >= 0.3 is 0 Å². The number of ether oxygens (including phenoxy) is 2. The lowest BCUT2D eigenvalue weighted by Gasteiger charge is -2.29. The Morgan fingerprint density at radius 2 is 1.94 bits per heavy atom. The normalized spacial score (nSPS) is 14.2. The van der Waals surface area contributed by atoms with Crippen molar-refractivity contribution in [3.63, 3.8) is 0 Å². The van der Waals surface area contributed by atoms with Crippen molar-refractivity contribution in [2.45, 2.75) is 19.9 Å². The molecule has 2 aromatic carbocycles. The van der Waals surface area contributed by atoms with Crippen LogP contribution in [-0.4, -0.2) is 66.4 Å². The molecule has 1 aliphatic rings. The van der Waals surface area contributed by atoms with E-state index >= 15 is 0 Å². The van der Waals surface area contributed by atoms with Crippen molar-refractivity contribution in [1.29, 1.82) is 0 Å². The van der Waals surface area contributed by atoms with Crippen LogP contribution in [0.4, 0.5) is 5.69 Å². The van der Waals surface area contributed by atoms with E-state index in [1.807, 2.05) is 42.5 Å². The van der Waals surface area contributed by atoms with Crippen LogP contribution in [-0.2, 0) is 11.3 Å². The van der Waals surface area contributed by atoms with Gasteiger partial charge in [-0.15, -0.1) is 0 Å². The predicted molar refractivity (Wildman–Crippen MR) is 141 cm³/mol. The fourth-order valence-corrected chi connectivity index (χ4v) is 4.41. The molecule has 7 nitrogen and oxygen atoms in total. The number of nitrogens with zero attached hydrogens (tertiary/aromatic N) is 2. The summed E-state index contributed by atoms with van der Waals surface area (Å²) in [6.07, 6.45) is 0.940. The number of fused-ring (bicyclic) bond motifs is 1. The Morgan fingerprint density at radius 1 is 1.18 bits per heavy atom. The zero-order valence-corrected chi connectivity index (χ0v) is 20.6. The minimum atomic E-state index is -0.0817. The first-order valence-electron chi connectivity index (χ1n) is 11.6. The van der Waals surface area contributed by atoms with Crippen molar-refractivity contribution >= 4 is 33.9 Å². The van der Waals surface area contributed by atoms with Gasteiger partial charge in [-0.1, -0.05) is 11.6 Å². The van der Waals surface area contributed by atoms with Crippen molar-refractivity contribution in [2.75, 3.05) is 51.8 Å². The lowest BCUT2D eigenvalue weighted by atomic mass is 10.1. The van der Waals surface area contributed by atoms with Crippen LogP contribution in [0.1, 0.15) is 17.5 Å². The topological polar surface area (TPSA) is 69.8 Å². The highest BCUT2D eigenvalue weighted by molar-refractivity contribution is 7.80. The largest absolute Gasteiger partial charge is 0.497 e. The summed E-state index contributed by atoms with van der Waals surface area (Å²) in [7, 11) is 1.64. The Bertz CT molecular complexity index is 1170. The molecule has 1 aromatic heterocycles. The second-order valence-corrected chi connectivity index (χ2v) is 8.99. The Hall–Kier alpha value is -2.94. The monoisotopic (exact) mass is 480 g/mol. The molecule has 3 aromatic rings. The molecule has 8 heteroatoms. The lowest BCUT2D eigenvalue weighted by Crippen LogP contribution is -2.40.